The van der Waals surface area contributed by atoms with Crippen LogP contribution in [0.25, 0.3) is 10.9 Å². The zero-order valence-electron chi connectivity index (χ0n) is 37.4. The summed E-state index contributed by atoms with van der Waals surface area (Å²) in [6.45, 7) is 7.27. The number of alkyl halides is 2. The first-order valence-corrected chi connectivity index (χ1v) is 23.1. The summed E-state index contributed by atoms with van der Waals surface area (Å²) in [4.78, 5) is 29.5. The number of carbonyl (C=O) groups excluding carboxylic acids is 2. The summed E-state index contributed by atoms with van der Waals surface area (Å²) < 4.78 is 59.8. The lowest BCUT2D eigenvalue weighted by Crippen LogP contribution is -2.48. The van der Waals surface area contributed by atoms with Crippen LogP contribution in [0.5, 0.6) is 11.5 Å². The Kier molecular flexibility index (Phi) is 12.6. The molecule has 4 atom stereocenters. The standard InChI is InChI=1S/C49H61F3N6O7/c1-47(2,28-59)43-21-33-20-39(56-46(62)48(12-13-48)34-8-11-41-42(22-34)65-49(51,52)64-41)38(50)23-40(33)58(43)27-37(60)24-54-14-16-63-17-15-55-45(61)44-31-4-5-32(44)26-57(25-31)36-10-7-29-18-35(53-3)9-6-30(29)19-36/h7-8,10-11,19-23,31-32,35,37,44,53-54,59-60H,4-6,9,12-18,24-28H2,1-3H3,(H,55,61)(H,56,62). The van der Waals surface area contributed by atoms with Crippen molar-refractivity contribution in [1.82, 2.24) is 20.5 Å². The van der Waals surface area contributed by atoms with E-state index in [9.17, 15) is 28.6 Å². The minimum atomic E-state index is -3.79. The number of rotatable bonds is 18. The number of aliphatic hydroxyl groups is 2. The van der Waals surface area contributed by atoms with E-state index >= 15 is 4.39 Å². The number of ether oxygens (including phenoxy) is 3. The number of fused-ring (bicyclic) bond motifs is 5. The molecule has 16 heteroatoms. The molecule has 4 unspecified atom stereocenters. The molecular formula is C49H61F3N6O7. The molecule has 65 heavy (non-hydrogen) atoms. The van der Waals surface area contributed by atoms with Crippen molar-refractivity contribution < 1.29 is 47.2 Å². The molecule has 1 saturated heterocycles. The number of aryl methyl sites for hydroxylation is 1. The predicted octanol–water partition coefficient (Wildman–Crippen LogP) is 5.36. The van der Waals surface area contributed by atoms with Crippen molar-refractivity contribution in [2.45, 2.75) is 94.6 Å². The molecule has 1 aromatic heterocycles. The Labute approximate surface area is 377 Å². The normalized spacial score (nSPS) is 23.0. The molecule has 2 saturated carbocycles. The lowest BCUT2D eigenvalue weighted by Gasteiger charge is -2.39. The highest BCUT2D eigenvalue weighted by molar-refractivity contribution is 6.03. The SMILES string of the molecule is CNC1CCc2cc(N3CC4CCC(C3)C4C(=O)NCCOCCNCC(O)Cn3c(C(C)(C)CO)cc4cc(NC(=O)C5(c6ccc7c(c6)OC(F)(F)O7)CC5)c(F)cc43)ccc2C1. The number of amides is 2. The predicted molar refractivity (Wildman–Crippen MR) is 240 cm³/mol. The van der Waals surface area contributed by atoms with Crippen molar-refractivity contribution in [3.63, 3.8) is 0 Å². The van der Waals surface area contributed by atoms with Crippen molar-refractivity contribution in [2.24, 2.45) is 17.8 Å². The summed E-state index contributed by atoms with van der Waals surface area (Å²) in [6.07, 6.45) is 1.70. The maximum absolute atomic E-state index is 15.8. The zero-order valence-corrected chi connectivity index (χ0v) is 37.4. The van der Waals surface area contributed by atoms with Crippen molar-refractivity contribution in [2.75, 3.05) is 69.8 Å². The zero-order chi connectivity index (χ0) is 45.7. The van der Waals surface area contributed by atoms with E-state index in [1.807, 2.05) is 27.0 Å². The van der Waals surface area contributed by atoms with E-state index in [4.69, 9.17) is 4.74 Å². The van der Waals surface area contributed by atoms with Crippen LogP contribution in [0.3, 0.4) is 0 Å². The Hall–Kier alpha value is -4.87. The maximum atomic E-state index is 15.8. The number of benzene rings is 3. The van der Waals surface area contributed by atoms with E-state index < -0.39 is 35.0 Å². The molecular weight excluding hydrogens is 842 g/mol. The second-order valence-electron chi connectivity index (χ2n) is 19.4. The van der Waals surface area contributed by atoms with Gasteiger partial charge < -0.3 is 55.2 Å². The first kappa shape index (κ1) is 45.3. The number of anilines is 2. The molecule has 2 bridgehead atoms. The molecule has 4 aromatic rings. The first-order valence-electron chi connectivity index (χ1n) is 23.1. The maximum Gasteiger partial charge on any atom is 0.586 e. The Morgan fingerprint density at radius 3 is 2.45 bits per heavy atom. The number of aliphatic hydroxyl groups excluding tert-OH is 2. The van der Waals surface area contributed by atoms with Crippen LogP contribution in [0, 0.1) is 23.6 Å². The highest BCUT2D eigenvalue weighted by Gasteiger charge is 2.53. The van der Waals surface area contributed by atoms with Crippen LogP contribution in [0.4, 0.5) is 24.5 Å². The molecule has 13 nitrogen and oxygen atoms in total. The molecule has 2 amide bonds. The number of nitrogens with one attached hydrogen (secondary N) is 4. The first-order chi connectivity index (χ1) is 31.2. The summed E-state index contributed by atoms with van der Waals surface area (Å²) in [5.74, 6) is -0.628. The van der Waals surface area contributed by atoms with Gasteiger partial charge in [0, 0.05) is 72.9 Å². The van der Waals surface area contributed by atoms with Gasteiger partial charge in [0.1, 0.15) is 5.82 Å². The van der Waals surface area contributed by atoms with Crippen molar-refractivity contribution in [3.05, 3.63) is 82.8 Å². The van der Waals surface area contributed by atoms with Gasteiger partial charge in [0.05, 0.1) is 49.1 Å². The fraction of sp³-hybridized carbons (Fsp3) is 0.551. The van der Waals surface area contributed by atoms with Gasteiger partial charge in [-0.3, -0.25) is 9.59 Å². The van der Waals surface area contributed by atoms with Crippen LogP contribution in [0.15, 0.2) is 54.6 Å². The lowest BCUT2D eigenvalue weighted by atomic mass is 9.83. The monoisotopic (exact) mass is 902 g/mol. The van der Waals surface area contributed by atoms with Crippen LogP contribution in [0.1, 0.15) is 68.3 Å². The minimum Gasteiger partial charge on any atom is -0.395 e. The van der Waals surface area contributed by atoms with Gasteiger partial charge in [-0.1, -0.05) is 26.0 Å². The number of hydrogen-bond donors (Lipinski definition) is 6. The Morgan fingerprint density at radius 1 is 0.954 bits per heavy atom. The third-order valence-corrected chi connectivity index (χ3v) is 14.5. The molecule has 0 spiro atoms. The molecule has 0 radical (unpaired) electrons. The number of likely N-dealkylation sites (N-methyl/N-ethyl adjacent to an activating group) is 1. The van der Waals surface area contributed by atoms with Crippen LogP contribution < -0.4 is 35.6 Å². The van der Waals surface area contributed by atoms with Gasteiger partial charge in [-0.25, -0.2) is 4.39 Å². The molecule has 9 rings (SSSR count). The van der Waals surface area contributed by atoms with Gasteiger partial charge in [-0.05, 0) is 117 Å². The third kappa shape index (κ3) is 9.29. The molecule has 5 aliphatic rings. The fourth-order valence-corrected chi connectivity index (χ4v) is 10.7. The summed E-state index contributed by atoms with van der Waals surface area (Å²) in [5.41, 5.74) is 3.97. The van der Waals surface area contributed by atoms with E-state index in [1.165, 1.54) is 47.1 Å². The van der Waals surface area contributed by atoms with Crippen LogP contribution in [-0.4, -0.2) is 105 Å². The largest absolute Gasteiger partial charge is 0.586 e. The Morgan fingerprint density at radius 2 is 1.71 bits per heavy atom. The second-order valence-corrected chi connectivity index (χ2v) is 19.4. The molecule has 3 aliphatic carbocycles. The van der Waals surface area contributed by atoms with Crippen molar-refractivity contribution in [3.8, 4) is 11.5 Å². The Balaban J connectivity index is 0.730. The summed E-state index contributed by atoms with van der Waals surface area (Å²) in [6, 6.07) is 16.4. The van der Waals surface area contributed by atoms with Crippen molar-refractivity contribution >= 4 is 34.1 Å². The third-order valence-electron chi connectivity index (χ3n) is 14.5. The highest BCUT2D eigenvalue weighted by atomic mass is 19.3. The molecule has 3 heterocycles. The molecule has 2 aliphatic heterocycles. The van der Waals surface area contributed by atoms with Crippen molar-refractivity contribution in [1.29, 1.82) is 0 Å². The molecule has 3 fully saturated rings. The average molecular weight is 903 g/mol. The summed E-state index contributed by atoms with van der Waals surface area (Å²) in [7, 11) is 2.04. The topological polar surface area (TPSA) is 159 Å². The van der Waals surface area contributed by atoms with Gasteiger partial charge in [-0.2, -0.15) is 0 Å². The number of nitrogens with zero attached hydrogens (tertiary/aromatic N) is 2. The number of piperidine rings is 1. The number of carbonyl (C=O) groups is 2. The average Bonchev–Trinajstić information content (AvgIpc) is 3.86. The van der Waals surface area contributed by atoms with Gasteiger partial charge in [0.15, 0.2) is 11.5 Å². The van der Waals surface area contributed by atoms with E-state index in [0.29, 0.717) is 79.2 Å². The smallest absolute Gasteiger partial charge is 0.395 e. The van der Waals surface area contributed by atoms with Gasteiger partial charge >= 0.3 is 6.29 Å². The van der Waals surface area contributed by atoms with E-state index in [-0.39, 0.29) is 48.7 Å². The second kappa shape index (κ2) is 18.1. The van der Waals surface area contributed by atoms with Crippen LogP contribution in [-0.2, 0) is 44.5 Å². The lowest BCUT2D eigenvalue weighted by molar-refractivity contribution is -0.286. The molecule has 6 N–H and O–H groups in total. The fourth-order valence-electron chi connectivity index (χ4n) is 10.7. The number of hydrogen-bond acceptors (Lipinski definition) is 10. The number of aromatic nitrogens is 1. The minimum absolute atomic E-state index is 0.0286. The molecule has 3 aromatic carbocycles. The van der Waals surface area contributed by atoms with Crippen LogP contribution >= 0.6 is 0 Å². The van der Waals surface area contributed by atoms with E-state index in [2.05, 4.69) is 53.8 Å². The summed E-state index contributed by atoms with van der Waals surface area (Å²) >= 11 is 0. The quantitative estimate of drug-likeness (QED) is 0.0719. The van der Waals surface area contributed by atoms with E-state index in [1.54, 1.807) is 4.57 Å². The van der Waals surface area contributed by atoms with Gasteiger partial charge in [0.2, 0.25) is 11.8 Å². The number of halogens is 3. The highest BCUT2D eigenvalue weighted by Crippen LogP contribution is 2.52. The van der Waals surface area contributed by atoms with Crippen LogP contribution in [0.2, 0.25) is 0 Å². The summed E-state index contributed by atoms with van der Waals surface area (Å²) in [5, 5.41) is 34.5. The Bertz CT molecular complexity index is 2410. The van der Waals surface area contributed by atoms with Gasteiger partial charge in [0.25, 0.3) is 0 Å². The van der Waals surface area contributed by atoms with Gasteiger partial charge in [-0.15, -0.1) is 8.78 Å². The van der Waals surface area contributed by atoms with E-state index in [0.717, 1.165) is 45.2 Å². The molecule has 350 valence electrons.